The van der Waals surface area contributed by atoms with Crippen LogP contribution in [0.25, 0.3) is 11.0 Å². The summed E-state index contributed by atoms with van der Waals surface area (Å²) in [6, 6.07) is 6.34. The van der Waals surface area contributed by atoms with Crippen LogP contribution < -0.4 is 10.6 Å². The quantitative estimate of drug-likeness (QED) is 0.466. The molecule has 158 valence electrons. The van der Waals surface area contributed by atoms with Gasteiger partial charge in [-0.15, -0.1) is 0 Å². The van der Waals surface area contributed by atoms with Gasteiger partial charge in [0.25, 0.3) is 0 Å². The fourth-order valence-electron chi connectivity index (χ4n) is 3.16. The Morgan fingerprint density at radius 1 is 1.28 bits per heavy atom. The minimum absolute atomic E-state index is 0. The topological polar surface area (TPSA) is 49.8 Å². The number of allylic oxidation sites excluding steroid dienone is 4. The monoisotopic (exact) mass is 398 g/mol. The lowest BCUT2D eigenvalue weighted by atomic mass is 10.1. The van der Waals surface area contributed by atoms with Crippen molar-refractivity contribution in [3.05, 3.63) is 84.1 Å². The van der Waals surface area contributed by atoms with Crippen LogP contribution in [0.4, 0.5) is 4.39 Å². The fourth-order valence-corrected chi connectivity index (χ4v) is 3.16. The lowest BCUT2D eigenvalue weighted by molar-refractivity contribution is 0.521. The highest BCUT2D eigenvalue weighted by Gasteiger charge is 2.08. The summed E-state index contributed by atoms with van der Waals surface area (Å²) in [7, 11) is 1.96. The summed E-state index contributed by atoms with van der Waals surface area (Å²) in [5.41, 5.74) is 3.99. The Hall–Kier alpha value is -2.79. The van der Waals surface area contributed by atoms with E-state index in [9.17, 15) is 4.39 Å². The standard InChI is InChI=1S/C24H31FN4.2H2/c1-5-9-19(26-4)10-8-11-20(21(25)6-2)22(7-3)29-17-18-12-13-23-24(16-18)28-15-14-27-23;;/h6-8,11-16,19,26,29H,2,5,9-10,17H2,1,3-4H3;2*1H/b11-8+,21-20+,22-7+;;. The molecule has 0 fully saturated rings. The summed E-state index contributed by atoms with van der Waals surface area (Å²) in [5, 5.41) is 6.65. The Labute approximate surface area is 176 Å². The minimum atomic E-state index is -0.345. The Bertz CT molecular complexity index is 909. The second-order valence-corrected chi connectivity index (χ2v) is 6.81. The van der Waals surface area contributed by atoms with Crippen molar-refractivity contribution in [2.24, 2.45) is 0 Å². The van der Waals surface area contributed by atoms with Crippen LogP contribution >= 0.6 is 0 Å². The van der Waals surface area contributed by atoms with Gasteiger partial charge in [0.15, 0.2) is 0 Å². The third-order valence-corrected chi connectivity index (χ3v) is 4.78. The fraction of sp³-hybridized carbons (Fsp3) is 0.333. The van der Waals surface area contributed by atoms with Gasteiger partial charge in [0, 0.05) is 39.1 Å². The van der Waals surface area contributed by atoms with Gasteiger partial charge in [0.05, 0.1) is 11.0 Å². The number of halogens is 1. The predicted molar refractivity (Wildman–Crippen MR) is 124 cm³/mol. The summed E-state index contributed by atoms with van der Waals surface area (Å²) in [6.07, 6.45) is 13.4. The molecule has 4 nitrogen and oxygen atoms in total. The lowest BCUT2D eigenvalue weighted by Crippen LogP contribution is -2.23. The molecule has 1 aromatic heterocycles. The zero-order chi connectivity index (χ0) is 21.1. The Morgan fingerprint density at radius 3 is 2.69 bits per heavy atom. The van der Waals surface area contributed by atoms with Crippen LogP contribution in [0.2, 0.25) is 0 Å². The molecule has 0 aliphatic rings. The van der Waals surface area contributed by atoms with Crippen molar-refractivity contribution in [3.63, 3.8) is 0 Å². The van der Waals surface area contributed by atoms with E-state index in [2.05, 4.69) is 34.1 Å². The van der Waals surface area contributed by atoms with Gasteiger partial charge in [-0.3, -0.25) is 9.97 Å². The molecular formula is C24H35FN4. The van der Waals surface area contributed by atoms with Crippen molar-refractivity contribution in [1.82, 2.24) is 20.6 Å². The molecule has 0 bridgehead atoms. The maximum Gasteiger partial charge on any atom is 0.131 e. The van der Waals surface area contributed by atoms with E-state index < -0.39 is 0 Å². The third kappa shape index (κ3) is 6.64. The first kappa shape index (κ1) is 22.5. The molecule has 2 aromatic rings. The van der Waals surface area contributed by atoms with Crippen LogP contribution in [0.15, 0.2) is 78.6 Å². The number of hydrogen-bond acceptors (Lipinski definition) is 4. The average molecular weight is 399 g/mol. The zero-order valence-electron chi connectivity index (χ0n) is 17.6. The van der Waals surface area contributed by atoms with Crippen molar-refractivity contribution < 1.29 is 7.24 Å². The molecule has 0 aliphatic carbocycles. The van der Waals surface area contributed by atoms with Gasteiger partial charge in [0.2, 0.25) is 0 Å². The van der Waals surface area contributed by atoms with Gasteiger partial charge in [-0.2, -0.15) is 0 Å². The molecule has 1 unspecified atom stereocenters. The van der Waals surface area contributed by atoms with Crippen molar-refractivity contribution in [2.45, 2.75) is 45.7 Å². The van der Waals surface area contributed by atoms with Crippen LogP contribution in [0.3, 0.4) is 0 Å². The number of fused-ring (bicyclic) bond motifs is 1. The second-order valence-electron chi connectivity index (χ2n) is 6.81. The number of benzene rings is 1. The predicted octanol–water partition coefficient (Wildman–Crippen LogP) is 5.86. The van der Waals surface area contributed by atoms with E-state index >= 15 is 0 Å². The molecular weight excluding hydrogens is 363 g/mol. The normalized spacial score (nSPS) is 14.1. The molecule has 0 spiro atoms. The molecule has 0 aliphatic heterocycles. The highest BCUT2D eigenvalue weighted by atomic mass is 19.1. The van der Waals surface area contributed by atoms with Gasteiger partial charge < -0.3 is 10.6 Å². The summed E-state index contributed by atoms with van der Waals surface area (Å²) >= 11 is 0. The van der Waals surface area contributed by atoms with Crippen LogP contribution in [0.5, 0.6) is 0 Å². The van der Waals surface area contributed by atoms with E-state index in [4.69, 9.17) is 0 Å². The first-order chi connectivity index (χ1) is 14.1. The van der Waals surface area contributed by atoms with E-state index in [0.29, 0.717) is 18.2 Å². The molecule has 1 atom stereocenters. The summed E-state index contributed by atoms with van der Waals surface area (Å²) in [4.78, 5) is 8.63. The highest BCUT2D eigenvalue weighted by Crippen LogP contribution is 2.19. The number of nitrogens with one attached hydrogen (secondary N) is 2. The minimum Gasteiger partial charge on any atom is -0.381 e. The van der Waals surface area contributed by atoms with Crippen LogP contribution in [-0.2, 0) is 6.54 Å². The average Bonchev–Trinajstić information content (AvgIpc) is 2.76. The zero-order valence-corrected chi connectivity index (χ0v) is 17.6. The Kier molecular flexibility index (Phi) is 9.25. The van der Waals surface area contributed by atoms with Crippen LogP contribution in [-0.4, -0.2) is 23.1 Å². The van der Waals surface area contributed by atoms with Crippen LogP contribution in [0, 0.1) is 0 Å². The molecule has 2 rings (SSSR count). The van der Waals surface area contributed by atoms with Crippen molar-refractivity contribution in [1.29, 1.82) is 0 Å². The summed E-state index contributed by atoms with van der Waals surface area (Å²) < 4.78 is 14.5. The Balaban J connectivity index is 0.00000450. The van der Waals surface area contributed by atoms with Crippen molar-refractivity contribution in [3.8, 4) is 0 Å². The maximum atomic E-state index is 14.5. The third-order valence-electron chi connectivity index (χ3n) is 4.78. The smallest absolute Gasteiger partial charge is 0.131 e. The molecule has 1 heterocycles. The van der Waals surface area contributed by atoms with Gasteiger partial charge in [-0.05, 0) is 50.6 Å². The largest absolute Gasteiger partial charge is 0.381 e. The van der Waals surface area contributed by atoms with Crippen molar-refractivity contribution in [2.75, 3.05) is 7.05 Å². The molecule has 1 aromatic carbocycles. The number of hydrogen-bond donors (Lipinski definition) is 2. The molecule has 0 amide bonds. The number of aromatic nitrogens is 2. The van der Waals surface area contributed by atoms with E-state index in [1.807, 2.05) is 50.4 Å². The molecule has 5 heteroatoms. The van der Waals surface area contributed by atoms with Crippen molar-refractivity contribution >= 4 is 11.0 Å². The highest BCUT2D eigenvalue weighted by molar-refractivity contribution is 5.74. The van der Waals surface area contributed by atoms with Gasteiger partial charge in [0.1, 0.15) is 5.83 Å². The second kappa shape index (κ2) is 11.9. The van der Waals surface area contributed by atoms with Gasteiger partial charge in [-0.25, -0.2) is 4.39 Å². The summed E-state index contributed by atoms with van der Waals surface area (Å²) in [5.74, 6) is -0.345. The molecule has 0 saturated heterocycles. The van der Waals surface area contributed by atoms with Crippen LogP contribution in [0.1, 0.15) is 41.5 Å². The molecule has 0 saturated carbocycles. The number of nitrogens with zero attached hydrogens (tertiary/aromatic N) is 2. The molecule has 2 N–H and O–H groups in total. The lowest BCUT2D eigenvalue weighted by Gasteiger charge is -2.15. The van der Waals surface area contributed by atoms with E-state index in [-0.39, 0.29) is 8.68 Å². The Morgan fingerprint density at radius 2 is 2.03 bits per heavy atom. The molecule has 0 radical (unpaired) electrons. The van der Waals surface area contributed by atoms with E-state index in [1.165, 1.54) is 6.08 Å². The number of rotatable bonds is 11. The van der Waals surface area contributed by atoms with E-state index in [1.54, 1.807) is 12.4 Å². The summed E-state index contributed by atoms with van der Waals surface area (Å²) in [6.45, 7) is 8.21. The van der Waals surface area contributed by atoms with E-state index in [0.717, 1.165) is 41.6 Å². The molecule has 29 heavy (non-hydrogen) atoms. The first-order valence-corrected chi connectivity index (χ1v) is 10.1. The van der Waals surface area contributed by atoms with Gasteiger partial charge >= 0.3 is 0 Å². The first-order valence-electron chi connectivity index (χ1n) is 10.1. The maximum absolute atomic E-state index is 14.5. The van der Waals surface area contributed by atoms with Gasteiger partial charge in [-0.1, -0.05) is 44.2 Å². The SMILES string of the molecule is C=C/C(F)=C(/C=C/CC(CCC)NC)C(=C/C)\NCc1ccc2nccnc2c1.[HH].[HH].